The van der Waals surface area contributed by atoms with Crippen molar-refractivity contribution in [1.29, 1.82) is 0 Å². The zero-order chi connectivity index (χ0) is 22.4. The number of rotatable bonds is 9. The second kappa shape index (κ2) is 10.1. The van der Waals surface area contributed by atoms with Gasteiger partial charge < -0.3 is 20.1 Å². The van der Waals surface area contributed by atoms with Gasteiger partial charge in [0.1, 0.15) is 6.61 Å². The third kappa shape index (κ3) is 5.23. The van der Waals surface area contributed by atoms with Gasteiger partial charge in [0.05, 0.1) is 5.92 Å². The van der Waals surface area contributed by atoms with Crippen molar-refractivity contribution >= 4 is 18.0 Å². The standard InChI is InChI=1S/C24H28N2O5/c1-3-26(14-16(2)23(28)29)22(27)12-13-25-24(30)31-15-21-19-10-6-4-8-17(19)18-9-5-7-11-20(18)21/h4-11,16,21H,3,12-15H2,1-2H3,(H,25,30)(H,28,29). The molecular formula is C24H28N2O5. The van der Waals surface area contributed by atoms with Crippen molar-refractivity contribution < 1.29 is 24.2 Å². The third-order valence-electron chi connectivity index (χ3n) is 5.60. The van der Waals surface area contributed by atoms with Crippen LogP contribution >= 0.6 is 0 Å². The van der Waals surface area contributed by atoms with E-state index < -0.39 is 18.0 Å². The van der Waals surface area contributed by atoms with Crippen LogP contribution in [-0.4, -0.2) is 54.2 Å². The highest BCUT2D eigenvalue weighted by Gasteiger charge is 2.29. The molecule has 0 spiro atoms. The molecule has 0 aliphatic heterocycles. The van der Waals surface area contributed by atoms with Crippen LogP contribution in [0.15, 0.2) is 48.5 Å². The Morgan fingerprint density at radius 1 is 1.06 bits per heavy atom. The fraction of sp³-hybridized carbons (Fsp3) is 0.375. The Balaban J connectivity index is 1.49. The number of nitrogens with one attached hydrogen (secondary N) is 1. The summed E-state index contributed by atoms with van der Waals surface area (Å²) in [6.45, 7) is 4.27. The van der Waals surface area contributed by atoms with Gasteiger partial charge in [0.25, 0.3) is 0 Å². The summed E-state index contributed by atoms with van der Waals surface area (Å²) in [7, 11) is 0. The van der Waals surface area contributed by atoms with E-state index in [-0.39, 0.29) is 37.9 Å². The zero-order valence-corrected chi connectivity index (χ0v) is 17.8. The number of nitrogens with zero attached hydrogens (tertiary/aromatic N) is 1. The molecule has 0 saturated carbocycles. The van der Waals surface area contributed by atoms with Crippen LogP contribution in [0.5, 0.6) is 0 Å². The smallest absolute Gasteiger partial charge is 0.407 e. The molecule has 3 rings (SSSR count). The highest BCUT2D eigenvalue weighted by atomic mass is 16.5. The fourth-order valence-corrected chi connectivity index (χ4v) is 3.89. The second-order valence-corrected chi connectivity index (χ2v) is 7.67. The molecule has 1 aliphatic carbocycles. The van der Waals surface area contributed by atoms with Crippen molar-refractivity contribution in [3.05, 3.63) is 59.7 Å². The molecule has 0 saturated heterocycles. The molecule has 0 fully saturated rings. The Labute approximate surface area is 182 Å². The molecule has 31 heavy (non-hydrogen) atoms. The van der Waals surface area contributed by atoms with E-state index in [1.54, 1.807) is 13.8 Å². The Hall–Kier alpha value is -3.35. The number of amides is 2. The molecular weight excluding hydrogens is 396 g/mol. The number of hydrogen-bond acceptors (Lipinski definition) is 4. The minimum Gasteiger partial charge on any atom is -0.481 e. The maximum atomic E-state index is 12.3. The summed E-state index contributed by atoms with van der Waals surface area (Å²) < 4.78 is 5.45. The lowest BCUT2D eigenvalue weighted by Crippen LogP contribution is -2.38. The van der Waals surface area contributed by atoms with E-state index in [1.165, 1.54) is 4.90 Å². The molecule has 2 amide bonds. The van der Waals surface area contributed by atoms with Crippen LogP contribution < -0.4 is 5.32 Å². The van der Waals surface area contributed by atoms with Gasteiger partial charge in [-0.3, -0.25) is 9.59 Å². The van der Waals surface area contributed by atoms with Gasteiger partial charge in [0, 0.05) is 32.0 Å². The number of carboxylic acids is 1. The number of fused-ring (bicyclic) bond motifs is 3. The Morgan fingerprint density at radius 3 is 2.19 bits per heavy atom. The largest absolute Gasteiger partial charge is 0.481 e. The Bertz CT molecular complexity index is 913. The molecule has 2 N–H and O–H groups in total. The number of carbonyl (C=O) groups is 3. The van der Waals surface area contributed by atoms with Crippen molar-refractivity contribution in [2.45, 2.75) is 26.2 Å². The van der Waals surface area contributed by atoms with Gasteiger partial charge in [-0.1, -0.05) is 55.5 Å². The number of ether oxygens (including phenoxy) is 1. The molecule has 1 aliphatic rings. The van der Waals surface area contributed by atoms with Crippen LogP contribution in [0.3, 0.4) is 0 Å². The fourth-order valence-electron chi connectivity index (χ4n) is 3.89. The van der Waals surface area contributed by atoms with Crippen molar-refractivity contribution in [3.8, 4) is 11.1 Å². The van der Waals surface area contributed by atoms with E-state index in [0.717, 1.165) is 22.3 Å². The molecule has 0 aromatic heterocycles. The monoisotopic (exact) mass is 424 g/mol. The normalized spacial score (nSPS) is 13.1. The van der Waals surface area contributed by atoms with Crippen LogP contribution in [0, 0.1) is 5.92 Å². The topological polar surface area (TPSA) is 95.9 Å². The van der Waals surface area contributed by atoms with Crippen molar-refractivity contribution in [1.82, 2.24) is 10.2 Å². The Kier molecular flexibility index (Phi) is 7.28. The van der Waals surface area contributed by atoms with Crippen LogP contribution in [0.4, 0.5) is 4.79 Å². The van der Waals surface area contributed by atoms with E-state index in [9.17, 15) is 14.4 Å². The second-order valence-electron chi connectivity index (χ2n) is 7.67. The maximum absolute atomic E-state index is 12.3. The Morgan fingerprint density at radius 2 is 1.65 bits per heavy atom. The highest BCUT2D eigenvalue weighted by Crippen LogP contribution is 2.44. The van der Waals surface area contributed by atoms with Gasteiger partial charge in [-0.05, 0) is 29.2 Å². The van der Waals surface area contributed by atoms with E-state index in [0.29, 0.717) is 6.54 Å². The van der Waals surface area contributed by atoms with E-state index in [1.807, 2.05) is 24.3 Å². The van der Waals surface area contributed by atoms with Crippen molar-refractivity contribution in [2.75, 3.05) is 26.2 Å². The van der Waals surface area contributed by atoms with Crippen LogP contribution in [0.2, 0.25) is 0 Å². The molecule has 1 atom stereocenters. The predicted molar refractivity (Wildman–Crippen MR) is 117 cm³/mol. The van der Waals surface area contributed by atoms with Gasteiger partial charge in [0.15, 0.2) is 0 Å². The summed E-state index contributed by atoms with van der Waals surface area (Å²) in [5.74, 6) is -1.80. The molecule has 2 aromatic rings. The number of alkyl carbamates (subject to hydrolysis) is 1. The molecule has 2 aromatic carbocycles. The summed E-state index contributed by atoms with van der Waals surface area (Å²) in [4.78, 5) is 37.0. The van der Waals surface area contributed by atoms with E-state index >= 15 is 0 Å². The lowest BCUT2D eigenvalue weighted by Gasteiger charge is -2.23. The maximum Gasteiger partial charge on any atom is 0.407 e. The molecule has 0 heterocycles. The first-order valence-corrected chi connectivity index (χ1v) is 10.5. The van der Waals surface area contributed by atoms with Gasteiger partial charge in [0.2, 0.25) is 5.91 Å². The van der Waals surface area contributed by atoms with Crippen LogP contribution in [0.1, 0.15) is 37.3 Å². The summed E-state index contributed by atoms with van der Waals surface area (Å²) >= 11 is 0. The van der Waals surface area contributed by atoms with Gasteiger partial charge >= 0.3 is 12.1 Å². The lowest BCUT2D eigenvalue weighted by atomic mass is 9.98. The quantitative estimate of drug-likeness (QED) is 0.642. The highest BCUT2D eigenvalue weighted by molar-refractivity contribution is 5.80. The molecule has 7 nitrogen and oxygen atoms in total. The summed E-state index contributed by atoms with van der Waals surface area (Å²) in [6, 6.07) is 16.2. The van der Waals surface area contributed by atoms with E-state index in [4.69, 9.17) is 9.84 Å². The number of carbonyl (C=O) groups excluding carboxylic acids is 2. The number of aliphatic carboxylic acids is 1. The van der Waals surface area contributed by atoms with Crippen LogP contribution in [0.25, 0.3) is 11.1 Å². The minimum atomic E-state index is -0.942. The summed E-state index contributed by atoms with van der Waals surface area (Å²) in [6.07, 6.45) is -0.485. The van der Waals surface area contributed by atoms with Gasteiger partial charge in [-0.25, -0.2) is 4.79 Å². The summed E-state index contributed by atoms with van der Waals surface area (Å²) in [5.41, 5.74) is 4.59. The number of benzene rings is 2. The molecule has 7 heteroatoms. The average Bonchev–Trinajstić information content (AvgIpc) is 3.09. The molecule has 164 valence electrons. The molecule has 0 bridgehead atoms. The first-order valence-electron chi connectivity index (χ1n) is 10.5. The van der Waals surface area contributed by atoms with Gasteiger partial charge in [-0.2, -0.15) is 0 Å². The minimum absolute atomic E-state index is 0.0205. The third-order valence-corrected chi connectivity index (χ3v) is 5.60. The van der Waals surface area contributed by atoms with E-state index in [2.05, 4.69) is 29.6 Å². The first-order chi connectivity index (χ1) is 14.9. The SMILES string of the molecule is CCN(CC(C)C(=O)O)C(=O)CCNC(=O)OCC1c2ccccc2-c2ccccc21. The first kappa shape index (κ1) is 22.3. The van der Waals surface area contributed by atoms with Crippen molar-refractivity contribution in [3.63, 3.8) is 0 Å². The molecule has 1 unspecified atom stereocenters. The molecule has 0 radical (unpaired) electrons. The zero-order valence-electron chi connectivity index (χ0n) is 17.8. The van der Waals surface area contributed by atoms with Gasteiger partial charge in [-0.15, -0.1) is 0 Å². The number of hydrogen-bond donors (Lipinski definition) is 2. The average molecular weight is 424 g/mol. The summed E-state index contributed by atoms with van der Waals surface area (Å²) in [5, 5.41) is 11.6. The van der Waals surface area contributed by atoms with Crippen LogP contribution in [-0.2, 0) is 14.3 Å². The lowest BCUT2D eigenvalue weighted by molar-refractivity contribution is -0.143. The van der Waals surface area contributed by atoms with Crippen molar-refractivity contribution in [2.24, 2.45) is 5.92 Å². The number of carboxylic acid groups (broad SMARTS) is 1. The predicted octanol–water partition coefficient (Wildman–Crippen LogP) is 3.48.